The maximum Gasteiger partial charge on any atom is 0.276 e. The highest BCUT2D eigenvalue weighted by Crippen LogP contribution is 2.31. The second-order valence-corrected chi connectivity index (χ2v) is 4.66. The molecule has 0 saturated carbocycles. The average Bonchev–Trinajstić information content (AvgIpc) is 2.46. The predicted octanol–water partition coefficient (Wildman–Crippen LogP) is 3.29. The van der Waals surface area contributed by atoms with E-state index < -0.39 is 0 Å². The van der Waals surface area contributed by atoms with Crippen molar-refractivity contribution in [3.05, 3.63) is 69.7 Å². The fourth-order valence-corrected chi connectivity index (χ4v) is 2.43. The van der Waals surface area contributed by atoms with E-state index >= 15 is 0 Å². The summed E-state index contributed by atoms with van der Waals surface area (Å²) in [6.45, 7) is 2.56. The molecular formula is C15H13N3O2. The van der Waals surface area contributed by atoms with Crippen molar-refractivity contribution in [2.45, 2.75) is 13.5 Å². The fraction of sp³-hybridized carbons (Fsp3) is 0.133. The average molecular weight is 267 g/mol. The standard InChI is InChI=1S/C15H13N3O2/c1-11-14(6-3-8-16-11)17-9-7-13-12(10-17)4-2-5-15(13)18(19)20/h2-9H,10H2,1H3. The number of aryl methyl sites for hydroxylation is 1. The summed E-state index contributed by atoms with van der Waals surface area (Å²) in [5, 5.41) is 11.0. The van der Waals surface area contributed by atoms with Gasteiger partial charge in [0.05, 0.1) is 21.9 Å². The van der Waals surface area contributed by atoms with Crippen LogP contribution in [0.5, 0.6) is 0 Å². The summed E-state index contributed by atoms with van der Waals surface area (Å²) < 4.78 is 0. The van der Waals surface area contributed by atoms with E-state index in [0.717, 1.165) is 16.9 Å². The van der Waals surface area contributed by atoms with Crippen LogP contribution in [0.15, 0.2) is 42.7 Å². The van der Waals surface area contributed by atoms with Crippen LogP contribution in [0.2, 0.25) is 0 Å². The maximum atomic E-state index is 11.0. The number of hydrogen-bond acceptors (Lipinski definition) is 4. The first kappa shape index (κ1) is 12.3. The molecule has 2 aromatic rings. The second-order valence-electron chi connectivity index (χ2n) is 4.66. The Labute approximate surface area is 116 Å². The molecule has 2 heterocycles. The van der Waals surface area contributed by atoms with Gasteiger partial charge in [0.2, 0.25) is 0 Å². The van der Waals surface area contributed by atoms with Crippen LogP contribution in [0.3, 0.4) is 0 Å². The Morgan fingerprint density at radius 2 is 2.15 bits per heavy atom. The number of benzene rings is 1. The van der Waals surface area contributed by atoms with Crippen LogP contribution in [0.1, 0.15) is 16.8 Å². The van der Waals surface area contributed by atoms with Gasteiger partial charge in [0.15, 0.2) is 0 Å². The van der Waals surface area contributed by atoms with E-state index in [9.17, 15) is 10.1 Å². The molecule has 0 amide bonds. The highest BCUT2D eigenvalue weighted by atomic mass is 16.6. The first-order chi connectivity index (χ1) is 9.66. The van der Waals surface area contributed by atoms with Gasteiger partial charge in [-0.1, -0.05) is 12.1 Å². The van der Waals surface area contributed by atoms with Crippen molar-refractivity contribution >= 4 is 17.5 Å². The summed E-state index contributed by atoms with van der Waals surface area (Å²) in [7, 11) is 0. The highest BCUT2D eigenvalue weighted by Gasteiger charge is 2.20. The fourth-order valence-electron chi connectivity index (χ4n) is 2.43. The van der Waals surface area contributed by atoms with Crippen molar-refractivity contribution in [2.24, 2.45) is 0 Å². The van der Waals surface area contributed by atoms with Crippen LogP contribution in [-0.4, -0.2) is 9.91 Å². The molecule has 20 heavy (non-hydrogen) atoms. The number of hydrogen-bond donors (Lipinski definition) is 0. The number of aromatic nitrogens is 1. The minimum atomic E-state index is -0.339. The Hall–Kier alpha value is -2.69. The summed E-state index contributed by atoms with van der Waals surface area (Å²) >= 11 is 0. The lowest BCUT2D eigenvalue weighted by molar-refractivity contribution is -0.385. The third-order valence-electron chi connectivity index (χ3n) is 3.42. The maximum absolute atomic E-state index is 11.0. The molecule has 0 spiro atoms. The molecule has 100 valence electrons. The Morgan fingerprint density at radius 3 is 2.90 bits per heavy atom. The van der Waals surface area contributed by atoms with Gasteiger partial charge in [0, 0.05) is 25.0 Å². The Bertz CT molecular complexity index is 710. The van der Waals surface area contributed by atoms with Gasteiger partial charge in [0.1, 0.15) is 0 Å². The van der Waals surface area contributed by atoms with Crippen molar-refractivity contribution in [3.63, 3.8) is 0 Å². The topological polar surface area (TPSA) is 59.3 Å². The largest absolute Gasteiger partial charge is 0.342 e. The number of nitro benzene ring substituents is 1. The molecule has 0 saturated heterocycles. The molecule has 1 aliphatic heterocycles. The molecule has 0 N–H and O–H groups in total. The summed E-state index contributed by atoms with van der Waals surface area (Å²) in [6, 6.07) is 9.07. The third-order valence-corrected chi connectivity index (χ3v) is 3.42. The first-order valence-electron chi connectivity index (χ1n) is 6.29. The zero-order valence-corrected chi connectivity index (χ0v) is 11.0. The van der Waals surface area contributed by atoms with Crippen LogP contribution in [-0.2, 0) is 6.54 Å². The van der Waals surface area contributed by atoms with E-state index in [-0.39, 0.29) is 10.6 Å². The van der Waals surface area contributed by atoms with Crippen LogP contribution in [0.25, 0.3) is 6.08 Å². The summed E-state index contributed by atoms with van der Waals surface area (Å²) in [6.07, 6.45) is 5.42. The third kappa shape index (κ3) is 2.03. The van der Waals surface area contributed by atoms with Gasteiger partial charge < -0.3 is 4.90 Å². The quantitative estimate of drug-likeness (QED) is 0.618. The molecule has 1 aromatic carbocycles. The Morgan fingerprint density at radius 1 is 1.30 bits per heavy atom. The minimum Gasteiger partial charge on any atom is -0.342 e. The molecule has 5 heteroatoms. The molecule has 1 aromatic heterocycles. The zero-order valence-electron chi connectivity index (χ0n) is 11.0. The number of nitro groups is 1. The predicted molar refractivity (Wildman–Crippen MR) is 77.3 cm³/mol. The van der Waals surface area contributed by atoms with Crippen LogP contribution < -0.4 is 4.90 Å². The van der Waals surface area contributed by atoms with Crippen molar-refractivity contribution in [1.29, 1.82) is 0 Å². The minimum absolute atomic E-state index is 0.154. The monoisotopic (exact) mass is 267 g/mol. The molecule has 0 aliphatic carbocycles. The van der Waals surface area contributed by atoms with E-state index in [1.165, 1.54) is 6.07 Å². The van der Waals surface area contributed by atoms with E-state index in [0.29, 0.717) is 12.1 Å². The van der Waals surface area contributed by atoms with E-state index in [1.807, 2.05) is 36.2 Å². The van der Waals surface area contributed by atoms with Crippen LogP contribution >= 0.6 is 0 Å². The normalized spacial score (nSPS) is 13.2. The molecule has 0 bridgehead atoms. The lowest BCUT2D eigenvalue weighted by atomic mass is 10.0. The molecule has 0 atom stereocenters. The van der Waals surface area contributed by atoms with Crippen molar-refractivity contribution in [3.8, 4) is 0 Å². The number of rotatable bonds is 2. The second kappa shape index (κ2) is 4.77. The Kier molecular flexibility index (Phi) is 2.95. The van der Waals surface area contributed by atoms with Gasteiger partial charge in [-0.2, -0.15) is 0 Å². The van der Waals surface area contributed by atoms with E-state index in [4.69, 9.17) is 0 Å². The highest BCUT2D eigenvalue weighted by molar-refractivity contribution is 5.71. The van der Waals surface area contributed by atoms with Gasteiger partial charge in [-0.15, -0.1) is 0 Å². The lowest BCUT2D eigenvalue weighted by Gasteiger charge is -2.26. The van der Waals surface area contributed by atoms with Gasteiger partial charge >= 0.3 is 0 Å². The van der Waals surface area contributed by atoms with Crippen LogP contribution in [0, 0.1) is 17.0 Å². The summed E-state index contributed by atoms with van der Waals surface area (Å²) in [5.41, 5.74) is 3.74. The van der Waals surface area contributed by atoms with Gasteiger partial charge in [-0.25, -0.2) is 0 Å². The lowest BCUT2D eigenvalue weighted by Crippen LogP contribution is -2.20. The summed E-state index contributed by atoms with van der Waals surface area (Å²) in [4.78, 5) is 17.0. The number of fused-ring (bicyclic) bond motifs is 1. The van der Waals surface area contributed by atoms with E-state index in [1.54, 1.807) is 18.3 Å². The SMILES string of the molecule is Cc1ncccc1N1C=Cc2c(cccc2[N+](=O)[O-])C1. The van der Waals surface area contributed by atoms with Crippen molar-refractivity contribution in [2.75, 3.05) is 4.90 Å². The van der Waals surface area contributed by atoms with Gasteiger partial charge in [-0.05, 0) is 30.7 Å². The van der Waals surface area contributed by atoms with Crippen molar-refractivity contribution in [1.82, 2.24) is 4.98 Å². The molecule has 5 nitrogen and oxygen atoms in total. The molecule has 0 radical (unpaired) electrons. The number of pyridine rings is 1. The van der Waals surface area contributed by atoms with Gasteiger partial charge in [0.25, 0.3) is 5.69 Å². The molecule has 1 aliphatic rings. The summed E-state index contributed by atoms with van der Waals surface area (Å²) in [5.74, 6) is 0. The van der Waals surface area contributed by atoms with Gasteiger partial charge in [-0.3, -0.25) is 15.1 Å². The zero-order chi connectivity index (χ0) is 14.1. The smallest absolute Gasteiger partial charge is 0.276 e. The number of nitrogens with zero attached hydrogens (tertiary/aromatic N) is 3. The van der Waals surface area contributed by atoms with Crippen molar-refractivity contribution < 1.29 is 4.92 Å². The molecule has 3 rings (SSSR count). The molecule has 0 fully saturated rings. The Balaban J connectivity index is 2.01. The van der Waals surface area contributed by atoms with E-state index in [2.05, 4.69) is 4.98 Å². The first-order valence-corrected chi connectivity index (χ1v) is 6.29. The van der Waals surface area contributed by atoms with Crippen LogP contribution in [0.4, 0.5) is 11.4 Å². The molecular weight excluding hydrogens is 254 g/mol. The molecule has 0 unspecified atom stereocenters. The number of anilines is 1.